The van der Waals surface area contributed by atoms with Gasteiger partial charge >= 0.3 is 5.63 Å². The van der Waals surface area contributed by atoms with E-state index in [2.05, 4.69) is 4.57 Å². The molecule has 1 saturated carbocycles. The number of fused-ring (bicyclic) bond motifs is 1. The molecule has 5 nitrogen and oxygen atoms in total. The molecule has 0 saturated heterocycles. The number of hydrogen-bond donors (Lipinski definition) is 0. The van der Waals surface area contributed by atoms with E-state index in [4.69, 9.17) is 9.15 Å². The van der Waals surface area contributed by atoms with Crippen molar-refractivity contribution in [3.8, 4) is 5.75 Å². The van der Waals surface area contributed by atoms with E-state index < -0.39 is 0 Å². The molecule has 2 aromatic heterocycles. The number of aryl methyl sites for hydroxylation is 3. The number of hydrogen-bond acceptors (Lipinski definition) is 4. The molecule has 1 aromatic carbocycles. The Kier molecular flexibility index (Phi) is 4.17. The molecular weight excluding hydrogens is 342 g/mol. The number of rotatable bonds is 5. The summed E-state index contributed by atoms with van der Waals surface area (Å²) in [4.78, 5) is 24.4. The summed E-state index contributed by atoms with van der Waals surface area (Å²) < 4.78 is 13.4. The Balaban J connectivity index is 1.59. The van der Waals surface area contributed by atoms with Crippen LogP contribution in [0.2, 0.25) is 0 Å². The van der Waals surface area contributed by atoms with Gasteiger partial charge in [-0.3, -0.25) is 4.79 Å². The van der Waals surface area contributed by atoms with Gasteiger partial charge in [0, 0.05) is 40.0 Å². The minimum atomic E-state index is -0.385. The maximum absolute atomic E-state index is 12.7. The van der Waals surface area contributed by atoms with Crippen molar-refractivity contribution in [1.29, 1.82) is 0 Å². The molecule has 0 spiro atoms. The number of carbonyl (C=O) groups is 1. The minimum absolute atomic E-state index is 0.0415. The third kappa shape index (κ3) is 3.07. The minimum Gasteiger partial charge on any atom is -0.485 e. The lowest BCUT2D eigenvalue weighted by molar-refractivity contribution is 0.0920. The molecule has 3 aromatic rings. The first-order valence-electron chi connectivity index (χ1n) is 9.25. The topological polar surface area (TPSA) is 61.4 Å². The molecule has 0 unspecified atom stereocenters. The molecule has 4 rings (SSSR count). The van der Waals surface area contributed by atoms with Crippen molar-refractivity contribution in [3.63, 3.8) is 0 Å². The van der Waals surface area contributed by atoms with Gasteiger partial charge in [-0.05, 0) is 64.3 Å². The highest BCUT2D eigenvalue weighted by molar-refractivity contribution is 5.98. The molecule has 140 valence electrons. The molecule has 27 heavy (non-hydrogen) atoms. The Hall–Kier alpha value is -2.82. The van der Waals surface area contributed by atoms with Crippen LogP contribution >= 0.6 is 0 Å². The number of nitrogens with zero attached hydrogens (tertiary/aromatic N) is 1. The summed E-state index contributed by atoms with van der Waals surface area (Å²) >= 11 is 0. The van der Waals surface area contributed by atoms with Crippen molar-refractivity contribution in [3.05, 3.63) is 62.8 Å². The monoisotopic (exact) mass is 365 g/mol. The van der Waals surface area contributed by atoms with Crippen LogP contribution in [0.5, 0.6) is 5.75 Å². The number of ether oxygens (including phenoxy) is 1. The number of aromatic nitrogens is 1. The lowest BCUT2D eigenvalue weighted by Gasteiger charge is -2.11. The molecular formula is C22H23NO4. The lowest BCUT2D eigenvalue weighted by Crippen LogP contribution is -2.13. The molecule has 0 radical (unpaired) electrons. The molecule has 0 atom stereocenters. The first-order valence-corrected chi connectivity index (χ1v) is 9.25. The van der Waals surface area contributed by atoms with Crippen LogP contribution < -0.4 is 10.4 Å². The van der Waals surface area contributed by atoms with E-state index in [1.807, 2.05) is 45.9 Å². The van der Waals surface area contributed by atoms with E-state index in [1.54, 1.807) is 0 Å². The van der Waals surface area contributed by atoms with Crippen LogP contribution in [0.1, 0.15) is 51.8 Å². The molecule has 5 heteroatoms. The largest absolute Gasteiger partial charge is 0.485 e. The summed E-state index contributed by atoms with van der Waals surface area (Å²) in [6, 6.07) is 7.66. The van der Waals surface area contributed by atoms with Crippen LogP contribution in [-0.4, -0.2) is 17.0 Å². The highest BCUT2D eigenvalue weighted by atomic mass is 16.5. The normalized spacial score (nSPS) is 13.9. The van der Waals surface area contributed by atoms with Crippen molar-refractivity contribution in [2.45, 2.75) is 46.6 Å². The van der Waals surface area contributed by atoms with Gasteiger partial charge in [-0.2, -0.15) is 0 Å². The van der Waals surface area contributed by atoms with Crippen LogP contribution in [0.4, 0.5) is 0 Å². The maximum Gasteiger partial charge on any atom is 0.336 e. The van der Waals surface area contributed by atoms with Gasteiger partial charge in [0.2, 0.25) is 5.78 Å². The van der Waals surface area contributed by atoms with Gasteiger partial charge in [0.15, 0.2) is 6.61 Å². The zero-order chi connectivity index (χ0) is 19.3. The van der Waals surface area contributed by atoms with Crippen molar-refractivity contribution in [2.75, 3.05) is 6.61 Å². The number of benzene rings is 1. The van der Waals surface area contributed by atoms with Crippen LogP contribution in [-0.2, 0) is 0 Å². The second-order valence-electron chi connectivity index (χ2n) is 7.41. The lowest BCUT2D eigenvalue weighted by atomic mass is 10.1. The predicted molar refractivity (Wildman–Crippen MR) is 104 cm³/mol. The van der Waals surface area contributed by atoms with Crippen molar-refractivity contribution in [2.24, 2.45) is 0 Å². The Morgan fingerprint density at radius 3 is 2.63 bits per heavy atom. The highest BCUT2D eigenvalue weighted by Crippen LogP contribution is 2.38. The van der Waals surface area contributed by atoms with Gasteiger partial charge in [-0.15, -0.1) is 0 Å². The second kappa shape index (κ2) is 6.41. The third-order valence-electron chi connectivity index (χ3n) is 5.37. The number of ketones is 1. The Morgan fingerprint density at radius 1 is 1.19 bits per heavy atom. The third-order valence-corrected chi connectivity index (χ3v) is 5.37. The fraction of sp³-hybridized carbons (Fsp3) is 0.364. The van der Waals surface area contributed by atoms with Gasteiger partial charge in [-0.25, -0.2) is 4.79 Å². The van der Waals surface area contributed by atoms with E-state index in [0.717, 1.165) is 33.5 Å². The quantitative estimate of drug-likeness (QED) is 0.496. The van der Waals surface area contributed by atoms with Gasteiger partial charge < -0.3 is 13.7 Å². The standard InChI is InChI=1S/C22H23NO4/c1-12-9-21(25)27-22-14(3)20(8-7-17(12)22)26-11-19(24)18-10-13(2)23(15(18)4)16-5-6-16/h7-10,16H,5-6,11H2,1-4H3. The fourth-order valence-corrected chi connectivity index (χ4v) is 3.83. The fourth-order valence-electron chi connectivity index (χ4n) is 3.83. The van der Waals surface area contributed by atoms with Gasteiger partial charge in [0.25, 0.3) is 0 Å². The molecule has 0 bridgehead atoms. The molecule has 0 N–H and O–H groups in total. The molecule has 1 aliphatic rings. The zero-order valence-corrected chi connectivity index (χ0v) is 16.1. The Bertz CT molecular complexity index is 1120. The maximum atomic E-state index is 12.7. The number of Topliss-reactive ketones (excluding diaryl/α,β-unsaturated/α-hetero) is 1. The number of carbonyl (C=O) groups excluding carboxylic acids is 1. The summed E-state index contributed by atoms with van der Waals surface area (Å²) in [7, 11) is 0. The van der Waals surface area contributed by atoms with Crippen molar-refractivity contribution < 1.29 is 13.9 Å². The SMILES string of the molecule is Cc1cc(=O)oc2c(C)c(OCC(=O)c3cc(C)n(C4CC4)c3C)ccc12. The Morgan fingerprint density at radius 2 is 1.93 bits per heavy atom. The van der Waals surface area contributed by atoms with Crippen LogP contribution in [0.15, 0.2) is 33.5 Å². The first-order chi connectivity index (χ1) is 12.9. The van der Waals surface area contributed by atoms with Crippen LogP contribution in [0.25, 0.3) is 11.0 Å². The highest BCUT2D eigenvalue weighted by Gasteiger charge is 2.28. The smallest absolute Gasteiger partial charge is 0.336 e. The first kappa shape index (κ1) is 17.6. The molecule has 2 heterocycles. The van der Waals surface area contributed by atoms with E-state index in [1.165, 1.54) is 18.9 Å². The molecule has 0 amide bonds. The van der Waals surface area contributed by atoms with E-state index in [9.17, 15) is 9.59 Å². The average Bonchev–Trinajstić information content (AvgIpc) is 3.39. The summed E-state index contributed by atoms with van der Waals surface area (Å²) in [6.45, 7) is 7.71. The average molecular weight is 365 g/mol. The van der Waals surface area contributed by atoms with E-state index >= 15 is 0 Å². The summed E-state index contributed by atoms with van der Waals surface area (Å²) in [5.41, 5.74) is 4.57. The summed E-state index contributed by atoms with van der Waals surface area (Å²) in [6.07, 6.45) is 2.36. The van der Waals surface area contributed by atoms with E-state index in [0.29, 0.717) is 17.4 Å². The van der Waals surface area contributed by atoms with Crippen molar-refractivity contribution >= 4 is 16.8 Å². The molecule has 1 aliphatic carbocycles. The Labute approximate surface area is 157 Å². The van der Waals surface area contributed by atoms with Gasteiger partial charge in [0.1, 0.15) is 11.3 Å². The van der Waals surface area contributed by atoms with Gasteiger partial charge in [0.05, 0.1) is 0 Å². The van der Waals surface area contributed by atoms with Crippen LogP contribution in [0, 0.1) is 27.7 Å². The van der Waals surface area contributed by atoms with E-state index in [-0.39, 0.29) is 18.0 Å². The summed E-state index contributed by atoms with van der Waals surface area (Å²) in [5, 5.41) is 0.874. The molecule has 1 fully saturated rings. The second-order valence-corrected chi connectivity index (χ2v) is 7.41. The molecule has 0 aliphatic heterocycles. The van der Waals surface area contributed by atoms with Gasteiger partial charge in [-0.1, -0.05) is 0 Å². The summed E-state index contributed by atoms with van der Waals surface area (Å²) in [5.74, 6) is 0.515. The zero-order valence-electron chi connectivity index (χ0n) is 16.1. The van der Waals surface area contributed by atoms with Crippen molar-refractivity contribution in [1.82, 2.24) is 4.57 Å². The van der Waals surface area contributed by atoms with Crippen LogP contribution in [0.3, 0.4) is 0 Å². The predicted octanol–water partition coefficient (Wildman–Crippen LogP) is 4.42.